The van der Waals surface area contributed by atoms with Gasteiger partial charge in [-0.25, -0.2) is 4.98 Å². The number of benzene rings is 1. The Bertz CT molecular complexity index is 1080. The molecular formula is C14H4Cl4F3N3O2S. The maximum atomic E-state index is 13.5. The van der Waals surface area contributed by atoms with Crippen molar-refractivity contribution < 1.29 is 17.9 Å². The molecule has 2 aromatic heterocycles. The summed E-state index contributed by atoms with van der Waals surface area (Å²) in [5.74, 6) is -1.70. The number of aromatic nitrogens is 3. The van der Waals surface area contributed by atoms with E-state index in [9.17, 15) is 18.0 Å². The Morgan fingerprint density at radius 1 is 1.11 bits per heavy atom. The molecule has 0 unspecified atom stereocenters. The first-order valence-corrected chi connectivity index (χ1v) is 9.02. The van der Waals surface area contributed by atoms with Crippen molar-refractivity contribution in [3.8, 4) is 23.0 Å². The Labute approximate surface area is 172 Å². The van der Waals surface area contributed by atoms with Crippen LogP contribution in [-0.4, -0.2) is 14.3 Å². The Balaban J connectivity index is 2.15. The van der Waals surface area contributed by atoms with Gasteiger partial charge in [-0.05, 0) is 23.7 Å². The third kappa shape index (κ3) is 4.17. The second kappa shape index (κ2) is 7.48. The summed E-state index contributed by atoms with van der Waals surface area (Å²) in [5.41, 5.74) is -2.94. The number of halogens is 7. The highest BCUT2D eigenvalue weighted by Gasteiger charge is 2.39. The van der Waals surface area contributed by atoms with Gasteiger partial charge in [-0.1, -0.05) is 46.4 Å². The van der Waals surface area contributed by atoms with E-state index in [4.69, 9.17) is 51.1 Å². The molecule has 0 radical (unpaired) electrons. The topological polar surface area (TPSA) is 67.9 Å². The predicted octanol–water partition coefficient (Wildman–Crippen LogP) is 6.32. The maximum Gasteiger partial charge on any atom is 0.437 e. The molecule has 0 aliphatic carbocycles. The van der Waals surface area contributed by atoms with Gasteiger partial charge in [0, 0.05) is 6.07 Å². The van der Waals surface area contributed by atoms with E-state index in [2.05, 4.69) is 14.3 Å². The lowest BCUT2D eigenvalue weighted by molar-refractivity contribution is -0.142. The lowest BCUT2D eigenvalue weighted by Gasteiger charge is -2.13. The van der Waals surface area contributed by atoms with Gasteiger partial charge in [0.1, 0.15) is 20.8 Å². The predicted molar refractivity (Wildman–Crippen MR) is 97.5 cm³/mol. The fourth-order valence-electron chi connectivity index (χ4n) is 1.93. The zero-order chi connectivity index (χ0) is 19.9. The average Bonchev–Trinajstić information content (AvgIpc) is 2.91. The number of H-pyrrole nitrogens is 1. The van der Waals surface area contributed by atoms with E-state index in [0.717, 1.165) is 17.6 Å². The van der Waals surface area contributed by atoms with Crippen LogP contribution < -0.4 is 10.3 Å². The summed E-state index contributed by atoms with van der Waals surface area (Å²) in [6, 6.07) is 3.72. The quantitative estimate of drug-likeness (QED) is 0.480. The molecule has 13 heteroatoms. The highest BCUT2D eigenvalue weighted by molar-refractivity contribution is 7.11. The van der Waals surface area contributed by atoms with Gasteiger partial charge in [0.15, 0.2) is 11.5 Å². The molecule has 0 aliphatic rings. The molecule has 3 rings (SSSR count). The number of nitrogens with one attached hydrogen (secondary N) is 1. The second-order valence-electron chi connectivity index (χ2n) is 4.89. The van der Waals surface area contributed by atoms with Crippen LogP contribution in [0.25, 0.3) is 11.5 Å². The molecule has 142 valence electrons. The average molecular weight is 477 g/mol. The molecule has 0 fully saturated rings. The second-order valence-corrected chi connectivity index (χ2v) is 7.45. The molecule has 1 aromatic carbocycles. The van der Waals surface area contributed by atoms with Crippen molar-refractivity contribution in [3.63, 3.8) is 0 Å². The van der Waals surface area contributed by atoms with E-state index >= 15 is 0 Å². The van der Waals surface area contributed by atoms with Crippen molar-refractivity contribution in [2.24, 2.45) is 0 Å². The van der Waals surface area contributed by atoms with Gasteiger partial charge >= 0.3 is 6.18 Å². The zero-order valence-electron chi connectivity index (χ0n) is 12.5. The molecule has 2 heterocycles. The fraction of sp³-hybridized carbons (Fsp3) is 0.0714. The van der Waals surface area contributed by atoms with E-state index in [0.29, 0.717) is 0 Å². The van der Waals surface area contributed by atoms with Crippen LogP contribution in [0.2, 0.25) is 19.4 Å². The lowest BCUT2D eigenvalue weighted by atomic mass is 10.3. The minimum absolute atomic E-state index is 0.0348. The molecule has 0 saturated carbocycles. The van der Waals surface area contributed by atoms with Crippen molar-refractivity contribution >= 4 is 57.9 Å². The van der Waals surface area contributed by atoms with Gasteiger partial charge in [0.05, 0.1) is 10.0 Å². The van der Waals surface area contributed by atoms with Crippen LogP contribution in [0, 0.1) is 0 Å². The van der Waals surface area contributed by atoms with E-state index in [1.165, 1.54) is 12.1 Å². The first-order valence-electron chi connectivity index (χ1n) is 6.73. The Hall–Kier alpha value is -1.52. The summed E-state index contributed by atoms with van der Waals surface area (Å²) in [6.07, 6.45) is -5.00. The van der Waals surface area contributed by atoms with E-state index < -0.39 is 29.0 Å². The third-order valence-corrected chi connectivity index (χ3v) is 5.43. The Morgan fingerprint density at radius 3 is 2.37 bits per heavy atom. The fourth-order valence-corrected chi connectivity index (χ4v) is 3.22. The van der Waals surface area contributed by atoms with Crippen molar-refractivity contribution in [3.05, 3.63) is 53.7 Å². The van der Waals surface area contributed by atoms with Crippen LogP contribution in [0.3, 0.4) is 0 Å². The van der Waals surface area contributed by atoms with Gasteiger partial charge in [0.2, 0.25) is 5.75 Å². The number of nitrogens with zero attached hydrogens (tertiary/aromatic N) is 2. The summed E-state index contributed by atoms with van der Waals surface area (Å²) < 4.78 is 49.3. The number of ether oxygens (including phenoxy) is 1. The molecule has 5 nitrogen and oxygen atoms in total. The molecule has 0 spiro atoms. The summed E-state index contributed by atoms with van der Waals surface area (Å²) in [4.78, 5) is 17.9. The minimum Gasteiger partial charge on any atom is -0.449 e. The molecule has 1 N–H and O–H groups in total. The van der Waals surface area contributed by atoms with E-state index in [-0.39, 0.29) is 30.8 Å². The Morgan fingerprint density at radius 2 is 1.81 bits per heavy atom. The van der Waals surface area contributed by atoms with Gasteiger partial charge in [-0.3, -0.25) is 4.79 Å². The van der Waals surface area contributed by atoms with Gasteiger partial charge in [0.25, 0.3) is 5.56 Å². The molecule has 0 amide bonds. The van der Waals surface area contributed by atoms with E-state index in [1.807, 2.05) is 0 Å². The van der Waals surface area contributed by atoms with Crippen molar-refractivity contribution in [2.45, 2.75) is 6.18 Å². The molecular weight excluding hydrogens is 473 g/mol. The van der Waals surface area contributed by atoms with Crippen LogP contribution in [0.5, 0.6) is 11.5 Å². The first kappa shape index (κ1) is 20.2. The van der Waals surface area contributed by atoms with Crippen LogP contribution in [0.15, 0.2) is 23.0 Å². The van der Waals surface area contributed by atoms with Crippen LogP contribution in [0.1, 0.15) is 5.69 Å². The monoisotopic (exact) mass is 475 g/mol. The van der Waals surface area contributed by atoms with Crippen LogP contribution in [0.4, 0.5) is 13.2 Å². The highest BCUT2D eigenvalue weighted by Crippen LogP contribution is 2.39. The molecule has 3 aromatic rings. The lowest BCUT2D eigenvalue weighted by Crippen LogP contribution is -2.20. The van der Waals surface area contributed by atoms with Crippen molar-refractivity contribution in [1.82, 2.24) is 14.3 Å². The summed E-state index contributed by atoms with van der Waals surface area (Å²) in [6.45, 7) is 0. The number of rotatable bonds is 3. The largest absolute Gasteiger partial charge is 0.449 e. The molecule has 0 bridgehead atoms. The summed E-state index contributed by atoms with van der Waals surface area (Å²) in [7, 11) is 0. The summed E-state index contributed by atoms with van der Waals surface area (Å²) in [5, 5.41) is 0.0706. The van der Waals surface area contributed by atoms with Crippen molar-refractivity contribution in [2.75, 3.05) is 0 Å². The number of hydrogen-bond acceptors (Lipinski definition) is 5. The number of hydrogen-bond donors (Lipinski definition) is 1. The van der Waals surface area contributed by atoms with Crippen LogP contribution in [-0.2, 0) is 6.18 Å². The minimum atomic E-state index is -5.00. The molecule has 0 atom stereocenters. The molecule has 0 aliphatic heterocycles. The van der Waals surface area contributed by atoms with Crippen LogP contribution >= 0.6 is 57.9 Å². The van der Waals surface area contributed by atoms with Gasteiger partial charge < -0.3 is 9.72 Å². The standard InChI is InChI=1S/C14H4Cl4F3N3O2S/c15-5-2-1-4(3-6(5)16)26-9-10(14(19,20)21)22-12(23-13(9)25)8-7(17)11(18)27-24-8/h1-3H,(H,22,23,25). The highest BCUT2D eigenvalue weighted by atomic mass is 35.5. The first-order chi connectivity index (χ1) is 12.6. The van der Waals surface area contributed by atoms with Gasteiger partial charge in [-0.2, -0.15) is 17.5 Å². The third-order valence-electron chi connectivity index (χ3n) is 3.08. The maximum absolute atomic E-state index is 13.5. The molecule has 27 heavy (non-hydrogen) atoms. The SMILES string of the molecule is O=c1[nH]c(-c2nsc(Cl)c2Cl)nc(C(F)(F)F)c1Oc1ccc(Cl)c(Cl)c1. The van der Waals surface area contributed by atoms with Gasteiger partial charge in [-0.15, -0.1) is 0 Å². The normalized spacial score (nSPS) is 11.7. The number of alkyl halides is 3. The molecule has 0 saturated heterocycles. The smallest absolute Gasteiger partial charge is 0.437 e. The number of aromatic amines is 1. The Kier molecular flexibility index (Phi) is 5.60. The zero-order valence-corrected chi connectivity index (χ0v) is 16.3. The van der Waals surface area contributed by atoms with Crippen molar-refractivity contribution in [1.29, 1.82) is 0 Å². The summed E-state index contributed by atoms with van der Waals surface area (Å²) >= 11 is 23.9. The van der Waals surface area contributed by atoms with E-state index in [1.54, 1.807) is 0 Å².